The third kappa shape index (κ3) is 12.0. The van der Waals surface area contributed by atoms with Gasteiger partial charge in [-0.2, -0.15) is 0 Å². The molecule has 3 unspecified atom stereocenters. The summed E-state index contributed by atoms with van der Waals surface area (Å²) in [6.45, 7) is 3.58. The number of unbranched alkanes of at least 4 members (excludes halogenated alkanes) is 10. The minimum atomic E-state index is -4.71. The van der Waals surface area contributed by atoms with E-state index < -0.39 is 44.1 Å². The minimum Gasteiger partial charge on any atom is -0.505 e. The van der Waals surface area contributed by atoms with Crippen LogP contribution in [0.1, 0.15) is 104 Å². The minimum absolute atomic E-state index is 0.00315. The Hall–Kier alpha value is -1.12. The summed E-state index contributed by atoms with van der Waals surface area (Å²) in [5.74, 6) is -2.85. The Kier molecular flexibility index (Phi) is 15.8. The van der Waals surface area contributed by atoms with Crippen LogP contribution >= 0.6 is 7.82 Å². The molecule has 0 fully saturated rings. The van der Waals surface area contributed by atoms with Gasteiger partial charge < -0.3 is 24.6 Å². The molecule has 0 radical (unpaired) electrons. The average Bonchev–Trinajstić information content (AvgIpc) is 3.08. The lowest BCUT2D eigenvalue weighted by atomic mass is 9.95. The highest BCUT2D eigenvalue weighted by Crippen LogP contribution is 2.48. The number of ether oxygens (including phenoxy) is 1. The summed E-state index contributed by atoms with van der Waals surface area (Å²) in [5, 5.41) is 28.6. The molecule has 0 bridgehead atoms. The van der Waals surface area contributed by atoms with Gasteiger partial charge in [0.25, 0.3) is 5.76 Å². The zero-order chi connectivity index (χ0) is 25.4. The molecule has 0 aromatic rings. The SMILES string of the molecule is CCCCCCCCCC(CCCCCCC)COP(=O)(O)OC1=C(O)[C@@H](C(O)CO)OC1=O. The molecule has 34 heavy (non-hydrogen) atoms. The number of rotatable bonds is 21. The lowest BCUT2D eigenvalue weighted by molar-refractivity contribution is -0.147. The Morgan fingerprint density at radius 3 is 1.94 bits per heavy atom. The summed E-state index contributed by atoms with van der Waals surface area (Å²) < 4.78 is 27.1. The van der Waals surface area contributed by atoms with E-state index in [-0.39, 0.29) is 12.5 Å². The summed E-state index contributed by atoms with van der Waals surface area (Å²) in [4.78, 5) is 22.0. The van der Waals surface area contributed by atoms with Gasteiger partial charge in [0.2, 0.25) is 0 Å². The van der Waals surface area contributed by atoms with Crippen LogP contribution in [0.15, 0.2) is 11.5 Å². The number of phosphoric acid groups is 1. The number of aliphatic hydroxyl groups is 3. The maximum atomic E-state index is 12.4. The van der Waals surface area contributed by atoms with Gasteiger partial charge in [0, 0.05) is 0 Å². The molecule has 4 atom stereocenters. The van der Waals surface area contributed by atoms with Crippen LogP contribution in [0.25, 0.3) is 0 Å². The van der Waals surface area contributed by atoms with Crippen molar-refractivity contribution in [2.24, 2.45) is 5.92 Å². The molecule has 1 rings (SSSR count). The number of phosphoric ester groups is 1. The molecule has 0 saturated heterocycles. The van der Waals surface area contributed by atoms with Gasteiger partial charge in [0.1, 0.15) is 6.10 Å². The molecule has 200 valence electrons. The Labute approximate surface area is 204 Å². The lowest BCUT2D eigenvalue weighted by Crippen LogP contribution is -2.31. The van der Waals surface area contributed by atoms with Gasteiger partial charge in [0.05, 0.1) is 13.2 Å². The van der Waals surface area contributed by atoms with Crippen LogP contribution in [0.3, 0.4) is 0 Å². The maximum Gasteiger partial charge on any atom is 0.527 e. The highest BCUT2D eigenvalue weighted by molar-refractivity contribution is 7.47. The zero-order valence-corrected chi connectivity index (χ0v) is 21.7. The first-order valence-electron chi connectivity index (χ1n) is 12.9. The van der Waals surface area contributed by atoms with Crippen molar-refractivity contribution in [3.8, 4) is 0 Å². The molecule has 10 heteroatoms. The quantitative estimate of drug-likeness (QED) is 0.0924. The van der Waals surface area contributed by atoms with Crippen molar-refractivity contribution in [2.75, 3.05) is 13.2 Å². The number of aliphatic hydroxyl groups excluding tert-OH is 3. The molecule has 1 aliphatic heterocycles. The van der Waals surface area contributed by atoms with E-state index in [2.05, 4.69) is 13.8 Å². The second-order valence-corrected chi connectivity index (χ2v) is 10.5. The van der Waals surface area contributed by atoms with Gasteiger partial charge >= 0.3 is 13.8 Å². The molecular formula is C24H45O9P. The maximum absolute atomic E-state index is 12.4. The number of hydrogen-bond acceptors (Lipinski definition) is 8. The monoisotopic (exact) mass is 508 g/mol. The largest absolute Gasteiger partial charge is 0.527 e. The lowest BCUT2D eigenvalue weighted by Gasteiger charge is -2.19. The molecule has 0 amide bonds. The van der Waals surface area contributed by atoms with E-state index in [1.54, 1.807) is 0 Å². The number of esters is 1. The van der Waals surface area contributed by atoms with E-state index in [4.69, 9.17) is 18.9 Å². The molecule has 0 saturated carbocycles. The van der Waals surface area contributed by atoms with E-state index in [9.17, 15) is 24.5 Å². The van der Waals surface area contributed by atoms with Gasteiger partial charge in [0.15, 0.2) is 11.9 Å². The van der Waals surface area contributed by atoms with Gasteiger partial charge in [-0.3, -0.25) is 9.42 Å². The second-order valence-electron chi connectivity index (χ2n) is 9.12. The number of hydrogen-bond donors (Lipinski definition) is 4. The van der Waals surface area contributed by atoms with E-state index in [0.29, 0.717) is 0 Å². The van der Waals surface area contributed by atoms with Gasteiger partial charge in [-0.25, -0.2) is 9.36 Å². The van der Waals surface area contributed by atoms with Crippen molar-refractivity contribution < 1.29 is 43.4 Å². The smallest absolute Gasteiger partial charge is 0.505 e. The first kappa shape index (κ1) is 30.9. The van der Waals surface area contributed by atoms with Crippen molar-refractivity contribution in [1.82, 2.24) is 0 Å². The normalized spacial score (nSPS) is 19.7. The fourth-order valence-corrected chi connectivity index (χ4v) is 4.83. The average molecular weight is 509 g/mol. The summed E-state index contributed by atoms with van der Waals surface area (Å²) in [6.07, 6.45) is 12.5. The first-order chi connectivity index (χ1) is 16.3. The standard InChI is InChI=1S/C24H45O9P/c1-3-5-7-9-10-12-14-16-19(15-13-11-8-6-4-2)18-31-34(29,30)33-23-21(27)22(20(26)17-25)32-24(23)28/h19-20,22,25-27H,3-18H2,1-2H3,(H,29,30)/t19?,20?,22-/m1/s1. The van der Waals surface area contributed by atoms with Gasteiger partial charge in [-0.15, -0.1) is 0 Å². The van der Waals surface area contributed by atoms with E-state index in [0.717, 1.165) is 44.9 Å². The second kappa shape index (κ2) is 17.3. The van der Waals surface area contributed by atoms with E-state index in [1.807, 2.05) is 0 Å². The molecule has 4 N–H and O–H groups in total. The molecule has 0 aromatic carbocycles. The van der Waals surface area contributed by atoms with E-state index in [1.165, 1.54) is 44.9 Å². The predicted octanol–water partition coefficient (Wildman–Crippen LogP) is 5.29. The molecular weight excluding hydrogens is 463 g/mol. The van der Waals surface area contributed by atoms with Crippen LogP contribution in [0.5, 0.6) is 0 Å². The van der Waals surface area contributed by atoms with Crippen molar-refractivity contribution >= 4 is 13.8 Å². The topological polar surface area (TPSA) is 143 Å². The number of carbonyl (C=O) groups is 1. The Balaban J connectivity index is 2.59. The zero-order valence-electron chi connectivity index (χ0n) is 20.8. The molecule has 1 heterocycles. The van der Waals surface area contributed by atoms with Crippen LogP contribution in [0.2, 0.25) is 0 Å². The summed E-state index contributed by atoms with van der Waals surface area (Å²) in [5.41, 5.74) is 0. The summed E-state index contributed by atoms with van der Waals surface area (Å²) >= 11 is 0. The highest BCUT2D eigenvalue weighted by Gasteiger charge is 2.43. The highest BCUT2D eigenvalue weighted by atomic mass is 31.2. The van der Waals surface area contributed by atoms with Crippen LogP contribution in [-0.4, -0.2) is 51.6 Å². The van der Waals surface area contributed by atoms with Crippen molar-refractivity contribution in [2.45, 2.75) is 116 Å². The molecule has 0 spiro atoms. The van der Waals surface area contributed by atoms with Crippen LogP contribution in [0, 0.1) is 5.92 Å². The third-order valence-electron chi connectivity index (χ3n) is 6.07. The van der Waals surface area contributed by atoms with Crippen molar-refractivity contribution in [1.29, 1.82) is 0 Å². The van der Waals surface area contributed by atoms with Crippen LogP contribution < -0.4 is 0 Å². The molecule has 0 aromatic heterocycles. The van der Waals surface area contributed by atoms with Crippen LogP contribution in [0.4, 0.5) is 0 Å². The number of carbonyl (C=O) groups excluding carboxylic acids is 1. The van der Waals surface area contributed by atoms with E-state index >= 15 is 0 Å². The van der Waals surface area contributed by atoms with Crippen LogP contribution in [-0.2, 0) is 23.1 Å². The fourth-order valence-electron chi connectivity index (χ4n) is 3.98. The summed E-state index contributed by atoms with van der Waals surface area (Å²) in [7, 11) is -4.71. The molecule has 0 aliphatic carbocycles. The first-order valence-corrected chi connectivity index (χ1v) is 14.3. The molecule has 1 aliphatic rings. The Morgan fingerprint density at radius 1 is 0.941 bits per heavy atom. The predicted molar refractivity (Wildman–Crippen MR) is 129 cm³/mol. The van der Waals surface area contributed by atoms with Gasteiger partial charge in [-0.05, 0) is 18.8 Å². The summed E-state index contributed by atoms with van der Waals surface area (Å²) in [6, 6.07) is 0. The fraction of sp³-hybridized carbons (Fsp3) is 0.875. The van der Waals surface area contributed by atoms with Crippen molar-refractivity contribution in [3.05, 3.63) is 11.5 Å². The Morgan fingerprint density at radius 2 is 1.44 bits per heavy atom. The van der Waals surface area contributed by atoms with Crippen molar-refractivity contribution in [3.63, 3.8) is 0 Å². The van der Waals surface area contributed by atoms with Gasteiger partial charge in [-0.1, -0.05) is 90.9 Å². The molecule has 9 nitrogen and oxygen atoms in total. The Bertz CT molecular complexity index is 652. The third-order valence-corrected chi connectivity index (χ3v) is 6.96. The number of cyclic esters (lactones) is 1.